The van der Waals surface area contributed by atoms with Crippen molar-refractivity contribution in [3.63, 3.8) is 0 Å². The largest absolute Gasteiger partial charge is 0.353 e. The van der Waals surface area contributed by atoms with E-state index in [2.05, 4.69) is 21.8 Å². The van der Waals surface area contributed by atoms with E-state index in [9.17, 15) is 9.59 Å². The Balaban J connectivity index is 1.39. The number of piperidine rings is 1. The molecule has 0 spiro atoms. The second-order valence-corrected chi connectivity index (χ2v) is 7.87. The van der Waals surface area contributed by atoms with Crippen LogP contribution in [0.15, 0.2) is 42.7 Å². The van der Waals surface area contributed by atoms with E-state index in [1.54, 1.807) is 24.5 Å². The quantitative estimate of drug-likeness (QED) is 0.800. The number of carbonyl (C=O) groups excluding carboxylic acids is 2. The molecular formula is C22H27N5O2. The smallest absolute Gasteiger partial charge is 0.272 e. The Labute approximate surface area is 171 Å². The van der Waals surface area contributed by atoms with Crippen LogP contribution in [0.1, 0.15) is 40.6 Å². The number of amides is 2. The van der Waals surface area contributed by atoms with Crippen LogP contribution in [0.4, 0.5) is 5.82 Å². The highest BCUT2D eigenvalue weighted by atomic mass is 16.2. The van der Waals surface area contributed by atoms with E-state index in [0.29, 0.717) is 30.3 Å². The molecule has 0 aromatic carbocycles. The van der Waals surface area contributed by atoms with Gasteiger partial charge in [0.05, 0.1) is 0 Å². The highest BCUT2D eigenvalue weighted by molar-refractivity contribution is 5.98. The van der Waals surface area contributed by atoms with Crippen LogP contribution in [0.5, 0.6) is 0 Å². The van der Waals surface area contributed by atoms with Crippen molar-refractivity contribution < 1.29 is 9.59 Å². The number of anilines is 1. The first-order valence-electron chi connectivity index (χ1n) is 10.3. The summed E-state index contributed by atoms with van der Waals surface area (Å²) in [6.45, 7) is 6.48. The second kappa shape index (κ2) is 8.59. The van der Waals surface area contributed by atoms with E-state index < -0.39 is 0 Å². The summed E-state index contributed by atoms with van der Waals surface area (Å²) in [5, 5.41) is 0. The summed E-state index contributed by atoms with van der Waals surface area (Å²) in [4.78, 5) is 40.2. The molecule has 152 valence electrons. The third-order valence-electron chi connectivity index (χ3n) is 5.84. The number of aromatic nitrogens is 2. The van der Waals surface area contributed by atoms with Crippen molar-refractivity contribution in [3.05, 3.63) is 54.0 Å². The molecule has 0 aliphatic carbocycles. The molecule has 2 aromatic heterocycles. The number of hydrogen-bond acceptors (Lipinski definition) is 5. The number of carbonyl (C=O) groups is 2. The zero-order valence-corrected chi connectivity index (χ0v) is 16.8. The third-order valence-corrected chi connectivity index (χ3v) is 5.84. The van der Waals surface area contributed by atoms with Crippen LogP contribution < -0.4 is 4.90 Å². The minimum absolute atomic E-state index is 0.0469. The monoisotopic (exact) mass is 393 g/mol. The van der Waals surface area contributed by atoms with Gasteiger partial charge in [-0.15, -0.1) is 0 Å². The van der Waals surface area contributed by atoms with E-state index in [0.717, 1.165) is 44.8 Å². The van der Waals surface area contributed by atoms with Crippen molar-refractivity contribution in [1.29, 1.82) is 0 Å². The van der Waals surface area contributed by atoms with Crippen LogP contribution in [0, 0.1) is 5.92 Å². The highest BCUT2D eigenvalue weighted by Crippen LogP contribution is 2.19. The number of hydrogen-bond donors (Lipinski definition) is 0. The first-order valence-corrected chi connectivity index (χ1v) is 10.3. The Morgan fingerprint density at radius 3 is 2.28 bits per heavy atom. The van der Waals surface area contributed by atoms with E-state index in [1.165, 1.54) is 0 Å². The minimum Gasteiger partial charge on any atom is -0.353 e. The van der Waals surface area contributed by atoms with Gasteiger partial charge in [-0.05, 0) is 43.0 Å². The predicted molar refractivity (Wildman–Crippen MR) is 111 cm³/mol. The fourth-order valence-electron chi connectivity index (χ4n) is 3.92. The zero-order chi connectivity index (χ0) is 20.2. The van der Waals surface area contributed by atoms with E-state index >= 15 is 0 Å². The molecular weight excluding hydrogens is 366 g/mol. The summed E-state index contributed by atoms with van der Waals surface area (Å²) in [6.07, 6.45) is 5.39. The molecule has 7 nitrogen and oxygen atoms in total. The van der Waals surface area contributed by atoms with Crippen LogP contribution in [0.2, 0.25) is 0 Å². The Morgan fingerprint density at radius 1 is 0.862 bits per heavy atom. The summed E-state index contributed by atoms with van der Waals surface area (Å²) in [5.74, 6) is 1.47. The lowest BCUT2D eigenvalue weighted by Crippen LogP contribution is -2.49. The first kappa shape index (κ1) is 19.4. The van der Waals surface area contributed by atoms with Crippen molar-refractivity contribution in [2.24, 2.45) is 5.92 Å². The number of pyridine rings is 2. The Bertz CT molecular complexity index is 857. The molecule has 2 saturated heterocycles. The molecule has 2 aromatic rings. The SMILES string of the molecule is CC1CCN(C(=O)c2cc(C(=O)N3CCN(c4ccccn4)CC3)ccn2)CC1. The predicted octanol–water partition coefficient (Wildman–Crippen LogP) is 2.31. The van der Waals surface area contributed by atoms with Gasteiger partial charge in [0.25, 0.3) is 11.8 Å². The lowest BCUT2D eigenvalue weighted by Gasteiger charge is -2.35. The second-order valence-electron chi connectivity index (χ2n) is 7.87. The molecule has 0 atom stereocenters. The molecule has 2 amide bonds. The van der Waals surface area contributed by atoms with Gasteiger partial charge in [-0.3, -0.25) is 14.6 Å². The topological polar surface area (TPSA) is 69.6 Å². The molecule has 0 bridgehead atoms. The van der Waals surface area contributed by atoms with Gasteiger partial charge in [0, 0.05) is 57.2 Å². The van der Waals surface area contributed by atoms with Crippen LogP contribution in [0.3, 0.4) is 0 Å². The van der Waals surface area contributed by atoms with Crippen LogP contribution >= 0.6 is 0 Å². The van der Waals surface area contributed by atoms with Gasteiger partial charge in [-0.2, -0.15) is 0 Å². The van der Waals surface area contributed by atoms with Gasteiger partial charge in [-0.1, -0.05) is 13.0 Å². The zero-order valence-electron chi connectivity index (χ0n) is 16.8. The maximum absolute atomic E-state index is 13.0. The molecule has 4 rings (SSSR count). The van der Waals surface area contributed by atoms with Gasteiger partial charge < -0.3 is 14.7 Å². The Hall–Kier alpha value is -2.96. The number of piperazine rings is 1. The number of nitrogens with zero attached hydrogens (tertiary/aromatic N) is 5. The van der Waals surface area contributed by atoms with E-state index in [1.807, 2.05) is 28.0 Å². The fourth-order valence-corrected chi connectivity index (χ4v) is 3.92. The first-order chi connectivity index (χ1) is 14.1. The molecule has 2 aliphatic rings. The lowest BCUT2D eigenvalue weighted by molar-refractivity contribution is 0.0691. The molecule has 0 N–H and O–H groups in total. The third kappa shape index (κ3) is 4.39. The number of likely N-dealkylation sites (tertiary alicyclic amines) is 1. The normalized spacial score (nSPS) is 18.0. The molecule has 2 aliphatic heterocycles. The molecule has 0 saturated carbocycles. The summed E-state index contributed by atoms with van der Waals surface area (Å²) in [5.41, 5.74) is 0.887. The van der Waals surface area contributed by atoms with Gasteiger partial charge >= 0.3 is 0 Å². The van der Waals surface area contributed by atoms with Crippen molar-refractivity contribution in [2.75, 3.05) is 44.2 Å². The standard InChI is InChI=1S/C22H27N5O2/c1-17-6-10-26(11-7-17)22(29)19-16-18(5-9-23-19)21(28)27-14-12-25(13-15-27)20-4-2-3-8-24-20/h2-5,8-9,16-17H,6-7,10-15H2,1H3. The fraction of sp³-hybridized carbons (Fsp3) is 0.455. The minimum atomic E-state index is -0.0773. The van der Waals surface area contributed by atoms with E-state index in [-0.39, 0.29) is 11.8 Å². The summed E-state index contributed by atoms with van der Waals surface area (Å²) in [6, 6.07) is 9.20. The molecule has 0 unspecified atom stereocenters. The van der Waals surface area contributed by atoms with Gasteiger partial charge in [-0.25, -0.2) is 4.98 Å². The number of rotatable bonds is 3. The average Bonchev–Trinajstić information content (AvgIpc) is 2.79. The van der Waals surface area contributed by atoms with Gasteiger partial charge in [0.15, 0.2) is 0 Å². The maximum atomic E-state index is 13.0. The van der Waals surface area contributed by atoms with Crippen molar-refractivity contribution in [2.45, 2.75) is 19.8 Å². The van der Waals surface area contributed by atoms with Crippen LogP contribution in [-0.4, -0.2) is 70.9 Å². The van der Waals surface area contributed by atoms with Crippen molar-refractivity contribution in [1.82, 2.24) is 19.8 Å². The van der Waals surface area contributed by atoms with Gasteiger partial charge in [0.1, 0.15) is 11.5 Å². The Kier molecular flexibility index (Phi) is 5.74. The molecule has 29 heavy (non-hydrogen) atoms. The molecule has 7 heteroatoms. The lowest BCUT2D eigenvalue weighted by atomic mass is 9.99. The molecule has 2 fully saturated rings. The average molecular weight is 393 g/mol. The van der Waals surface area contributed by atoms with Crippen LogP contribution in [0.25, 0.3) is 0 Å². The van der Waals surface area contributed by atoms with Crippen LogP contribution in [-0.2, 0) is 0 Å². The maximum Gasteiger partial charge on any atom is 0.272 e. The van der Waals surface area contributed by atoms with E-state index in [4.69, 9.17) is 0 Å². The van der Waals surface area contributed by atoms with Crippen molar-refractivity contribution >= 4 is 17.6 Å². The van der Waals surface area contributed by atoms with Gasteiger partial charge in [0.2, 0.25) is 0 Å². The highest BCUT2D eigenvalue weighted by Gasteiger charge is 2.25. The molecule has 0 radical (unpaired) electrons. The summed E-state index contributed by atoms with van der Waals surface area (Å²) >= 11 is 0. The summed E-state index contributed by atoms with van der Waals surface area (Å²) < 4.78 is 0. The summed E-state index contributed by atoms with van der Waals surface area (Å²) in [7, 11) is 0. The molecule has 4 heterocycles. The van der Waals surface area contributed by atoms with Crippen molar-refractivity contribution in [3.8, 4) is 0 Å². The Morgan fingerprint density at radius 2 is 1.59 bits per heavy atom.